The average molecular weight is 154 g/mol. The maximum atomic E-state index is 5.23. The smallest absolute Gasteiger partial charge is 0.215 e. The van der Waals surface area contributed by atoms with Crippen molar-refractivity contribution in [2.45, 2.75) is 6.61 Å². The summed E-state index contributed by atoms with van der Waals surface area (Å²) in [5, 5.41) is 0. The molecule has 1 atom stereocenters. The molecule has 2 rings (SSSR count). The summed E-state index contributed by atoms with van der Waals surface area (Å²) in [5.41, 5.74) is 1.14. The summed E-state index contributed by atoms with van der Waals surface area (Å²) < 4.78 is 10.3. The van der Waals surface area contributed by atoms with Gasteiger partial charge in [0.1, 0.15) is 5.75 Å². The molecule has 0 aliphatic carbocycles. The van der Waals surface area contributed by atoms with Crippen LogP contribution in [0.4, 0.5) is 0 Å². The van der Waals surface area contributed by atoms with Gasteiger partial charge < -0.3 is 9.05 Å². The van der Waals surface area contributed by atoms with Gasteiger partial charge in [0.15, 0.2) is 0 Å². The predicted octanol–water partition coefficient (Wildman–Crippen LogP) is 2.10. The van der Waals surface area contributed by atoms with E-state index in [-0.39, 0.29) is 9.03 Å². The highest BCUT2D eigenvalue weighted by atomic mass is 31.1. The highest BCUT2D eigenvalue weighted by Gasteiger charge is 2.07. The molecule has 1 heterocycles. The Morgan fingerprint density at radius 3 is 3.10 bits per heavy atom. The van der Waals surface area contributed by atoms with Gasteiger partial charge in [-0.2, -0.15) is 0 Å². The Morgan fingerprint density at radius 1 is 1.30 bits per heavy atom. The molecule has 1 aromatic rings. The predicted molar refractivity (Wildman–Crippen MR) is 40.2 cm³/mol. The van der Waals surface area contributed by atoms with Gasteiger partial charge in [0.2, 0.25) is 9.03 Å². The normalized spacial score (nSPS) is 18.0. The minimum atomic E-state index is 0.169. The van der Waals surface area contributed by atoms with Crippen LogP contribution in [0.2, 0.25) is 0 Å². The molecule has 0 aromatic heterocycles. The summed E-state index contributed by atoms with van der Waals surface area (Å²) in [7, 11) is 0.169. The first kappa shape index (κ1) is 6.14. The summed E-state index contributed by atoms with van der Waals surface area (Å²) in [5.74, 6) is 0.965. The molecule has 3 heteroatoms. The van der Waals surface area contributed by atoms with Crippen molar-refractivity contribution in [1.82, 2.24) is 0 Å². The van der Waals surface area contributed by atoms with Crippen LogP contribution < -0.4 is 4.52 Å². The average Bonchev–Trinajstić information content (AvgIpc) is 2.05. The maximum absolute atomic E-state index is 5.23. The Balaban J connectivity index is 2.41. The third kappa shape index (κ3) is 1.00. The van der Waals surface area contributed by atoms with Gasteiger partial charge in [-0.3, -0.25) is 0 Å². The van der Waals surface area contributed by atoms with Crippen LogP contribution in [0.15, 0.2) is 24.3 Å². The maximum Gasteiger partial charge on any atom is 0.215 e. The number of hydrogen-bond acceptors (Lipinski definition) is 2. The highest BCUT2D eigenvalue weighted by molar-refractivity contribution is 7.26. The molecule has 10 heavy (non-hydrogen) atoms. The lowest BCUT2D eigenvalue weighted by molar-refractivity contribution is 0.293. The molecule has 52 valence electrons. The van der Waals surface area contributed by atoms with E-state index in [0.29, 0.717) is 6.61 Å². The van der Waals surface area contributed by atoms with Crippen LogP contribution in [0.3, 0.4) is 0 Å². The fraction of sp³-hybridized carbons (Fsp3) is 0.143. The molecule has 0 radical (unpaired) electrons. The molecule has 0 spiro atoms. The number of benzene rings is 1. The van der Waals surface area contributed by atoms with E-state index in [1.807, 2.05) is 24.3 Å². The fourth-order valence-electron chi connectivity index (χ4n) is 0.904. The first-order valence-electron chi connectivity index (χ1n) is 3.08. The monoisotopic (exact) mass is 154 g/mol. The van der Waals surface area contributed by atoms with Crippen molar-refractivity contribution in [1.29, 1.82) is 0 Å². The second-order valence-electron chi connectivity index (χ2n) is 2.08. The van der Waals surface area contributed by atoms with E-state index < -0.39 is 0 Å². The summed E-state index contributed by atoms with van der Waals surface area (Å²) in [6.07, 6.45) is 0. The van der Waals surface area contributed by atoms with Gasteiger partial charge in [-0.15, -0.1) is 0 Å². The van der Waals surface area contributed by atoms with E-state index >= 15 is 0 Å². The molecule has 0 amide bonds. The van der Waals surface area contributed by atoms with Crippen LogP contribution in [0.5, 0.6) is 5.75 Å². The van der Waals surface area contributed by atoms with Crippen LogP contribution in [0, 0.1) is 0 Å². The number of rotatable bonds is 0. The SMILES string of the molecule is c1ccc2c(c1)COPO2. The van der Waals surface area contributed by atoms with E-state index in [9.17, 15) is 0 Å². The van der Waals surface area contributed by atoms with Crippen molar-refractivity contribution in [3.05, 3.63) is 29.8 Å². The van der Waals surface area contributed by atoms with Crippen molar-refractivity contribution in [2.75, 3.05) is 0 Å². The van der Waals surface area contributed by atoms with E-state index in [1.54, 1.807) is 0 Å². The first-order valence-corrected chi connectivity index (χ1v) is 3.90. The van der Waals surface area contributed by atoms with E-state index in [2.05, 4.69) is 0 Å². The molecule has 1 unspecified atom stereocenters. The standard InChI is InChI=1S/C7H7O2P/c1-2-4-7-6(3-1)5-8-10-9-7/h1-4,10H,5H2. The molecule has 0 saturated carbocycles. The van der Waals surface area contributed by atoms with Gasteiger partial charge in [-0.05, 0) is 6.07 Å². The molecule has 1 aromatic carbocycles. The lowest BCUT2D eigenvalue weighted by atomic mass is 10.2. The molecule has 0 bridgehead atoms. The molecule has 0 fully saturated rings. The van der Waals surface area contributed by atoms with Gasteiger partial charge in [-0.1, -0.05) is 18.2 Å². The van der Waals surface area contributed by atoms with Gasteiger partial charge in [-0.25, -0.2) is 0 Å². The van der Waals surface area contributed by atoms with E-state index in [0.717, 1.165) is 11.3 Å². The highest BCUT2D eigenvalue weighted by Crippen LogP contribution is 2.32. The summed E-state index contributed by atoms with van der Waals surface area (Å²) in [6.45, 7) is 0.689. The minimum absolute atomic E-state index is 0.169. The van der Waals surface area contributed by atoms with Crippen LogP contribution in [0.1, 0.15) is 5.56 Å². The molecule has 2 nitrogen and oxygen atoms in total. The zero-order valence-electron chi connectivity index (χ0n) is 5.33. The number of fused-ring (bicyclic) bond motifs is 1. The third-order valence-electron chi connectivity index (χ3n) is 1.41. The Bertz CT molecular complexity index is 212. The lowest BCUT2D eigenvalue weighted by Crippen LogP contribution is -1.96. The second-order valence-corrected chi connectivity index (χ2v) is 2.74. The molecule has 1 aliphatic rings. The zero-order chi connectivity index (χ0) is 6.81. The van der Waals surface area contributed by atoms with Gasteiger partial charge >= 0.3 is 0 Å². The van der Waals surface area contributed by atoms with E-state index in [4.69, 9.17) is 9.05 Å². The Kier molecular flexibility index (Phi) is 1.58. The van der Waals surface area contributed by atoms with E-state index in [1.165, 1.54) is 0 Å². The van der Waals surface area contributed by atoms with Gasteiger partial charge in [0, 0.05) is 5.56 Å². The lowest BCUT2D eigenvalue weighted by Gasteiger charge is -2.15. The molecule has 0 N–H and O–H groups in total. The number of para-hydroxylation sites is 1. The molecular weight excluding hydrogens is 147 g/mol. The largest absolute Gasteiger partial charge is 0.449 e. The summed E-state index contributed by atoms with van der Waals surface area (Å²) in [4.78, 5) is 0. The van der Waals surface area contributed by atoms with Gasteiger partial charge in [0.05, 0.1) is 6.61 Å². The Morgan fingerprint density at radius 2 is 2.20 bits per heavy atom. The molecular formula is C7H7O2P. The number of hydrogen-bond donors (Lipinski definition) is 0. The fourth-order valence-corrected chi connectivity index (χ4v) is 1.47. The molecule has 1 aliphatic heterocycles. The van der Waals surface area contributed by atoms with Crippen LogP contribution in [-0.2, 0) is 11.1 Å². The molecule has 0 saturated heterocycles. The van der Waals surface area contributed by atoms with Gasteiger partial charge in [0.25, 0.3) is 0 Å². The second kappa shape index (κ2) is 2.57. The van der Waals surface area contributed by atoms with Crippen LogP contribution in [0.25, 0.3) is 0 Å². The Labute approximate surface area is 61.1 Å². The van der Waals surface area contributed by atoms with Crippen molar-refractivity contribution in [3.63, 3.8) is 0 Å². The first-order chi connectivity index (χ1) is 4.97. The van der Waals surface area contributed by atoms with Crippen LogP contribution in [-0.4, -0.2) is 0 Å². The zero-order valence-corrected chi connectivity index (χ0v) is 6.33. The summed E-state index contributed by atoms with van der Waals surface area (Å²) in [6, 6.07) is 7.93. The van der Waals surface area contributed by atoms with Crippen LogP contribution >= 0.6 is 9.03 Å². The topological polar surface area (TPSA) is 18.5 Å². The Hall–Kier alpha value is -0.590. The quantitative estimate of drug-likeness (QED) is 0.533. The third-order valence-corrected chi connectivity index (χ3v) is 1.98. The van der Waals surface area contributed by atoms with Crippen molar-refractivity contribution in [2.24, 2.45) is 0 Å². The minimum Gasteiger partial charge on any atom is -0.449 e. The van der Waals surface area contributed by atoms with Crippen molar-refractivity contribution < 1.29 is 9.05 Å². The van der Waals surface area contributed by atoms with Crippen molar-refractivity contribution >= 4 is 9.03 Å². The summed E-state index contributed by atoms with van der Waals surface area (Å²) >= 11 is 0. The van der Waals surface area contributed by atoms with Crippen molar-refractivity contribution in [3.8, 4) is 5.75 Å².